The van der Waals surface area contributed by atoms with E-state index in [2.05, 4.69) is 24.0 Å². The number of hydrogen-bond donors (Lipinski definition) is 2. The summed E-state index contributed by atoms with van der Waals surface area (Å²) in [5.41, 5.74) is 0.531. The van der Waals surface area contributed by atoms with Crippen molar-refractivity contribution in [3.05, 3.63) is 10.4 Å². The molecule has 0 spiro atoms. The smallest absolute Gasteiger partial charge is 0.281 e. The van der Waals surface area contributed by atoms with Crippen molar-refractivity contribution in [1.29, 1.82) is 0 Å². The van der Waals surface area contributed by atoms with Crippen LogP contribution in [0.5, 0.6) is 0 Å². The molecule has 0 saturated heterocycles. The van der Waals surface area contributed by atoms with Crippen molar-refractivity contribution in [2.75, 3.05) is 5.32 Å². The summed E-state index contributed by atoms with van der Waals surface area (Å²) in [6.07, 6.45) is 6.05. The zero-order valence-corrected chi connectivity index (χ0v) is 10.1. The Balaban J connectivity index is 1.87. The number of fused-ring (bicyclic) bond motifs is 1. The highest BCUT2D eigenvalue weighted by Gasteiger charge is 2.15. The Hall–Kier alpha value is -1.50. The van der Waals surface area contributed by atoms with Crippen molar-refractivity contribution in [2.45, 2.75) is 38.1 Å². The molecule has 0 radical (unpaired) electrons. The van der Waals surface area contributed by atoms with Gasteiger partial charge < -0.3 is 5.32 Å². The standard InChI is InChI=1S/C10H13N5OS/c16-9-7-8(15-17-14-7)12-10(13-9)11-6-4-2-1-3-5-6/h6H,1-5H2,(H2,11,12,13,15,16). The van der Waals surface area contributed by atoms with Crippen LogP contribution in [0, 0.1) is 0 Å². The Morgan fingerprint density at radius 1 is 1.24 bits per heavy atom. The van der Waals surface area contributed by atoms with Gasteiger partial charge in [0.25, 0.3) is 5.56 Å². The first-order valence-corrected chi connectivity index (χ1v) is 6.55. The molecule has 0 aromatic carbocycles. The van der Waals surface area contributed by atoms with Crippen LogP contribution in [-0.2, 0) is 0 Å². The average Bonchev–Trinajstić information content (AvgIpc) is 2.79. The van der Waals surface area contributed by atoms with E-state index in [9.17, 15) is 4.79 Å². The molecule has 17 heavy (non-hydrogen) atoms. The Labute approximate surface area is 102 Å². The SMILES string of the molecule is O=c1[nH]c(NC2CCCCC2)nc2nsnc12. The maximum absolute atomic E-state index is 11.7. The molecular formula is C10H13N5OS. The first-order chi connectivity index (χ1) is 8.33. The Morgan fingerprint density at radius 2 is 2.06 bits per heavy atom. The van der Waals surface area contributed by atoms with E-state index in [-0.39, 0.29) is 5.56 Å². The van der Waals surface area contributed by atoms with Crippen LogP contribution >= 0.6 is 11.7 Å². The van der Waals surface area contributed by atoms with Crippen molar-refractivity contribution in [1.82, 2.24) is 18.7 Å². The first-order valence-electron chi connectivity index (χ1n) is 5.82. The van der Waals surface area contributed by atoms with Crippen LogP contribution in [0.2, 0.25) is 0 Å². The van der Waals surface area contributed by atoms with E-state index in [1.807, 2.05) is 0 Å². The molecule has 1 saturated carbocycles. The normalized spacial score (nSPS) is 17.4. The van der Waals surface area contributed by atoms with Gasteiger partial charge in [0.05, 0.1) is 11.7 Å². The van der Waals surface area contributed by atoms with Gasteiger partial charge in [-0.3, -0.25) is 9.78 Å². The summed E-state index contributed by atoms with van der Waals surface area (Å²) in [7, 11) is 0. The number of anilines is 1. The minimum atomic E-state index is -0.220. The van der Waals surface area contributed by atoms with Crippen LogP contribution in [0.4, 0.5) is 5.95 Å². The monoisotopic (exact) mass is 251 g/mol. The van der Waals surface area contributed by atoms with Crippen LogP contribution < -0.4 is 10.9 Å². The van der Waals surface area contributed by atoms with Gasteiger partial charge >= 0.3 is 0 Å². The zero-order chi connectivity index (χ0) is 11.7. The number of hydrogen-bond acceptors (Lipinski definition) is 6. The van der Waals surface area contributed by atoms with E-state index >= 15 is 0 Å². The summed E-state index contributed by atoms with van der Waals surface area (Å²) in [4.78, 5) is 18.6. The lowest BCUT2D eigenvalue weighted by Gasteiger charge is -2.22. The molecule has 2 aromatic heterocycles. The van der Waals surface area contributed by atoms with Gasteiger partial charge in [-0.2, -0.15) is 13.7 Å². The third-order valence-electron chi connectivity index (χ3n) is 3.08. The fourth-order valence-corrected chi connectivity index (χ4v) is 2.70. The molecule has 6 nitrogen and oxygen atoms in total. The molecule has 3 rings (SSSR count). The zero-order valence-electron chi connectivity index (χ0n) is 9.27. The number of H-pyrrole nitrogens is 1. The molecule has 0 amide bonds. The highest BCUT2D eigenvalue weighted by Crippen LogP contribution is 2.20. The predicted molar refractivity (Wildman–Crippen MR) is 66.3 cm³/mol. The Morgan fingerprint density at radius 3 is 2.88 bits per heavy atom. The van der Waals surface area contributed by atoms with E-state index in [4.69, 9.17) is 0 Å². The summed E-state index contributed by atoms with van der Waals surface area (Å²) < 4.78 is 7.90. The van der Waals surface area contributed by atoms with E-state index in [0.29, 0.717) is 23.2 Å². The van der Waals surface area contributed by atoms with Crippen LogP contribution in [0.15, 0.2) is 4.79 Å². The number of aromatic amines is 1. The van der Waals surface area contributed by atoms with Crippen LogP contribution in [-0.4, -0.2) is 24.8 Å². The molecule has 0 aliphatic heterocycles. The van der Waals surface area contributed by atoms with Gasteiger partial charge in [0.2, 0.25) is 11.6 Å². The quantitative estimate of drug-likeness (QED) is 0.845. The molecule has 0 unspecified atom stereocenters. The minimum absolute atomic E-state index is 0.220. The second-order valence-corrected chi connectivity index (χ2v) is 4.86. The second kappa shape index (κ2) is 4.40. The highest BCUT2D eigenvalue weighted by atomic mass is 32.1. The number of nitrogens with one attached hydrogen (secondary N) is 2. The lowest BCUT2D eigenvalue weighted by Crippen LogP contribution is -2.25. The number of nitrogens with zero attached hydrogens (tertiary/aromatic N) is 3. The lowest BCUT2D eigenvalue weighted by atomic mass is 9.96. The first kappa shape index (κ1) is 10.6. The maximum atomic E-state index is 11.7. The van der Waals surface area contributed by atoms with Gasteiger partial charge in [0, 0.05) is 6.04 Å². The second-order valence-electron chi connectivity index (χ2n) is 4.33. The molecule has 0 bridgehead atoms. The summed E-state index contributed by atoms with van der Waals surface area (Å²) in [6.45, 7) is 0. The van der Waals surface area contributed by atoms with Crippen LogP contribution in [0.3, 0.4) is 0 Å². The third kappa shape index (κ3) is 2.14. The molecule has 2 N–H and O–H groups in total. The fraction of sp³-hybridized carbons (Fsp3) is 0.600. The van der Waals surface area contributed by atoms with Crippen molar-refractivity contribution in [2.24, 2.45) is 0 Å². The van der Waals surface area contributed by atoms with E-state index in [1.165, 1.54) is 19.3 Å². The van der Waals surface area contributed by atoms with Crippen LogP contribution in [0.1, 0.15) is 32.1 Å². The van der Waals surface area contributed by atoms with Crippen LogP contribution in [0.25, 0.3) is 11.2 Å². The van der Waals surface area contributed by atoms with Crippen molar-refractivity contribution in [3.63, 3.8) is 0 Å². The topological polar surface area (TPSA) is 83.6 Å². The number of rotatable bonds is 2. The fourth-order valence-electron chi connectivity index (χ4n) is 2.21. The third-order valence-corrected chi connectivity index (χ3v) is 3.60. The Kier molecular flexibility index (Phi) is 2.76. The van der Waals surface area contributed by atoms with Gasteiger partial charge in [0.15, 0.2) is 5.52 Å². The van der Waals surface area contributed by atoms with Gasteiger partial charge in [-0.25, -0.2) is 0 Å². The molecular weight excluding hydrogens is 238 g/mol. The summed E-state index contributed by atoms with van der Waals surface area (Å²) in [6, 6.07) is 0.413. The van der Waals surface area contributed by atoms with Gasteiger partial charge in [0.1, 0.15) is 0 Å². The van der Waals surface area contributed by atoms with Gasteiger partial charge in [-0.15, -0.1) is 0 Å². The molecule has 1 fully saturated rings. The maximum Gasteiger partial charge on any atom is 0.281 e. The van der Waals surface area contributed by atoms with E-state index in [0.717, 1.165) is 24.6 Å². The van der Waals surface area contributed by atoms with Crippen molar-refractivity contribution < 1.29 is 0 Å². The molecule has 7 heteroatoms. The lowest BCUT2D eigenvalue weighted by molar-refractivity contribution is 0.461. The van der Waals surface area contributed by atoms with Crippen molar-refractivity contribution in [3.8, 4) is 0 Å². The summed E-state index contributed by atoms with van der Waals surface area (Å²) >= 11 is 1.01. The molecule has 2 heterocycles. The molecule has 1 aliphatic rings. The van der Waals surface area contributed by atoms with Gasteiger partial charge in [-0.05, 0) is 12.8 Å². The number of aromatic nitrogens is 4. The highest BCUT2D eigenvalue weighted by molar-refractivity contribution is 7.00. The molecule has 90 valence electrons. The molecule has 0 atom stereocenters. The summed E-state index contributed by atoms with van der Waals surface area (Å²) in [5.74, 6) is 0.516. The molecule has 2 aromatic rings. The minimum Gasteiger partial charge on any atom is -0.353 e. The Bertz CT molecular complexity index is 571. The van der Waals surface area contributed by atoms with Crippen molar-refractivity contribution >= 4 is 28.8 Å². The average molecular weight is 251 g/mol. The summed E-state index contributed by atoms with van der Waals surface area (Å²) in [5, 5.41) is 3.27. The molecule has 1 aliphatic carbocycles. The van der Waals surface area contributed by atoms with Gasteiger partial charge in [-0.1, -0.05) is 19.3 Å². The predicted octanol–water partition coefficient (Wildman–Crippen LogP) is 1.52. The largest absolute Gasteiger partial charge is 0.353 e. The van der Waals surface area contributed by atoms with E-state index in [1.54, 1.807) is 0 Å². The van der Waals surface area contributed by atoms with E-state index < -0.39 is 0 Å².